The molecular weight excluding hydrogens is 414 g/mol. The third kappa shape index (κ3) is 4.99. The molecule has 7 heteroatoms. The highest BCUT2D eigenvalue weighted by Gasteiger charge is 2.14. The summed E-state index contributed by atoms with van der Waals surface area (Å²) in [6.45, 7) is 0.801. The van der Waals surface area contributed by atoms with Gasteiger partial charge in [-0.3, -0.25) is 10.1 Å². The van der Waals surface area contributed by atoms with Gasteiger partial charge in [-0.15, -0.1) is 0 Å². The lowest BCUT2D eigenvalue weighted by molar-refractivity contribution is 0.452. The summed E-state index contributed by atoms with van der Waals surface area (Å²) in [4.78, 5) is 4.55. The van der Waals surface area contributed by atoms with E-state index >= 15 is 0 Å². The zero-order chi connectivity index (χ0) is 22.6. The highest BCUT2D eigenvalue weighted by molar-refractivity contribution is 5.74. The van der Waals surface area contributed by atoms with Crippen molar-refractivity contribution in [2.24, 2.45) is 0 Å². The third-order valence-corrected chi connectivity index (χ3v) is 6.09. The van der Waals surface area contributed by atoms with E-state index in [0.717, 1.165) is 34.7 Å². The minimum atomic E-state index is 0.0379. The molecule has 0 aliphatic heterocycles. The van der Waals surface area contributed by atoms with E-state index in [-0.39, 0.29) is 11.5 Å². The van der Waals surface area contributed by atoms with Crippen molar-refractivity contribution >= 4 is 11.5 Å². The van der Waals surface area contributed by atoms with E-state index in [1.54, 1.807) is 12.1 Å². The number of aromatic nitrogens is 3. The van der Waals surface area contributed by atoms with Gasteiger partial charge in [0.2, 0.25) is 0 Å². The smallest absolute Gasteiger partial charge is 0.152 e. The van der Waals surface area contributed by atoms with Gasteiger partial charge in [0.25, 0.3) is 0 Å². The summed E-state index contributed by atoms with van der Waals surface area (Å²) in [6, 6.07) is 19.0. The first kappa shape index (κ1) is 21.0. The number of benzene rings is 2. The minimum Gasteiger partial charge on any atom is -0.508 e. The number of hydrogen-bond donors (Lipinski definition) is 5. The fraction of sp³-hybridized carbons (Fsp3) is 0.231. The van der Waals surface area contributed by atoms with Crippen LogP contribution in [0.15, 0.2) is 66.9 Å². The molecule has 2 heterocycles. The van der Waals surface area contributed by atoms with Crippen LogP contribution < -0.4 is 10.6 Å². The molecule has 4 aromatic rings. The van der Waals surface area contributed by atoms with Crippen molar-refractivity contribution < 1.29 is 10.2 Å². The summed E-state index contributed by atoms with van der Waals surface area (Å²) in [5.74, 6) is 0.796. The average molecular weight is 442 g/mol. The van der Waals surface area contributed by atoms with Crippen LogP contribution in [0.1, 0.15) is 31.4 Å². The van der Waals surface area contributed by atoms with Crippen LogP contribution in [0.25, 0.3) is 22.4 Å². The Kier molecular flexibility index (Phi) is 5.95. The van der Waals surface area contributed by atoms with Crippen molar-refractivity contribution in [3.05, 3.63) is 72.6 Å². The van der Waals surface area contributed by atoms with Gasteiger partial charge in [-0.2, -0.15) is 5.10 Å². The van der Waals surface area contributed by atoms with Gasteiger partial charge in [0, 0.05) is 30.3 Å². The van der Waals surface area contributed by atoms with Crippen LogP contribution in [0, 0.1) is 0 Å². The molecule has 2 aromatic carbocycles. The first-order valence-electron chi connectivity index (χ1n) is 11.3. The summed E-state index contributed by atoms with van der Waals surface area (Å²) in [5.41, 5.74) is 5.31. The van der Waals surface area contributed by atoms with Crippen LogP contribution in [-0.2, 0) is 6.54 Å². The standard InChI is InChI=1S/C26H27N5O2/c32-22-11-12-23(25(33)13-22)17-5-7-18(8-6-17)24-14-26(31-30-24)29-21-10-9-20(28-16-21)15-27-19-3-1-2-4-19/h5-14,16,19,27,32-33H,1-4,15H2,(H2,29,30,31). The highest BCUT2D eigenvalue weighted by Crippen LogP contribution is 2.33. The second-order valence-corrected chi connectivity index (χ2v) is 8.47. The van der Waals surface area contributed by atoms with E-state index in [0.29, 0.717) is 17.4 Å². The number of aromatic hydroxyl groups is 2. The number of aromatic amines is 1. The summed E-state index contributed by atoms with van der Waals surface area (Å²) in [5, 5.41) is 33.8. The minimum absolute atomic E-state index is 0.0379. The number of pyridine rings is 1. The normalized spacial score (nSPS) is 13.9. The lowest BCUT2D eigenvalue weighted by atomic mass is 10.0. The van der Waals surface area contributed by atoms with Crippen molar-refractivity contribution in [1.29, 1.82) is 0 Å². The van der Waals surface area contributed by atoms with E-state index in [2.05, 4.69) is 25.8 Å². The van der Waals surface area contributed by atoms with Gasteiger partial charge in [0.15, 0.2) is 5.82 Å². The quantitative estimate of drug-likeness (QED) is 0.266. The fourth-order valence-corrected chi connectivity index (χ4v) is 4.26. The predicted molar refractivity (Wildman–Crippen MR) is 129 cm³/mol. The van der Waals surface area contributed by atoms with Crippen molar-refractivity contribution in [2.75, 3.05) is 5.32 Å². The maximum Gasteiger partial charge on any atom is 0.152 e. The van der Waals surface area contributed by atoms with Crippen LogP contribution >= 0.6 is 0 Å². The van der Waals surface area contributed by atoms with E-state index in [1.165, 1.54) is 31.7 Å². The molecular formula is C26H27N5O2. The molecule has 7 nitrogen and oxygen atoms in total. The lowest BCUT2D eigenvalue weighted by Crippen LogP contribution is -2.25. The summed E-state index contributed by atoms with van der Waals surface area (Å²) in [7, 11) is 0. The van der Waals surface area contributed by atoms with Crippen LogP contribution in [0.2, 0.25) is 0 Å². The van der Waals surface area contributed by atoms with Gasteiger partial charge >= 0.3 is 0 Å². The fourth-order valence-electron chi connectivity index (χ4n) is 4.26. The van der Waals surface area contributed by atoms with E-state index in [9.17, 15) is 10.2 Å². The number of nitrogens with zero attached hydrogens (tertiary/aromatic N) is 2. The van der Waals surface area contributed by atoms with Gasteiger partial charge in [0.1, 0.15) is 11.5 Å². The molecule has 1 saturated carbocycles. The molecule has 0 amide bonds. The third-order valence-electron chi connectivity index (χ3n) is 6.09. The van der Waals surface area contributed by atoms with Crippen LogP contribution in [0.3, 0.4) is 0 Å². The van der Waals surface area contributed by atoms with Crippen LogP contribution in [0.4, 0.5) is 11.5 Å². The van der Waals surface area contributed by atoms with Crippen molar-refractivity contribution in [1.82, 2.24) is 20.5 Å². The SMILES string of the molecule is Oc1ccc(-c2ccc(-c3cc(Nc4ccc(CNC5CCCC5)nc4)n[nH]3)cc2)c(O)c1. The summed E-state index contributed by atoms with van der Waals surface area (Å²) < 4.78 is 0. The second-order valence-electron chi connectivity index (χ2n) is 8.47. The number of nitrogens with one attached hydrogen (secondary N) is 3. The number of H-pyrrole nitrogens is 1. The first-order chi connectivity index (χ1) is 16.1. The van der Waals surface area contributed by atoms with Crippen LogP contribution in [-0.4, -0.2) is 31.4 Å². The zero-order valence-corrected chi connectivity index (χ0v) is 18.3. The van der Waals surface area contributed by atoms with Crippen LogP contribution in [0.5, 0.6) is 11.5 Å². The van der Waals surface area contributed by atoms with E-state index in [1.807, 2.05) is 48.7 Å². The highest BCUT2D eigenvalue weighted by atomic mass is 16.3. The molecule has 0 radical (unpaired) electrons. The number of phenols is 2. The predicted octanol–water partition coefficient (Wildman–Crippen LogP) is 5.33. The number of hydrogen-bond acceptors (Lipinski definition) is 6. The molecule has 0 bridgehead atoms. The maximum atomic E-state index is 10.1. The Bertz CT molecular complexity index is 1210. The molecule has 168 valence electrons. The summed E-state index contributed by atoms with van der Waals surface area (Å²) >= 11 is 0. The molecule has 0 atom stereocenters. The Morgan fingerprint density at radius 2 is 1.70 bits per heavy atom. The Morgan fingerprint density at radius 1 is 0.909 bits per heavy atom. The Morgan fingerprint density at radius 3 is 2.42 bits per heavy atom. The number of anilines is 2. The largest absolute Gasteiger partial charge is 0.508 e. The zero-order valence-electron chi connectivity index (χ0n) is 18.3. The molecule has 33 heavy (non-hydrogen) atoms. The second kappa shape index (κ2) is 9.34. The Labute approximate surface area is 192 Å². The number of phenolic OH excluding ortho intramolecular Hbond substituents is 2. The Balaban J connectivity index is 1.22. The molecule has 1 fully saturated rings. The molecule has 1 aliphatic carbocycles. The van der Waals surface area contributed by atoms with Crippen molar-refractivity contribution in [3.8, 4) is 33.9 Å². The van der Waals surface area contributed by atoms with Gasteiger partial charge in [0.05, 0.1) is 23.3 Å². The maximum absolute atomic E-state index is 10.1. The molecule has 5 N–H and O–H groups in total. The molecule has 5 rings (SSSR count). The van der Waals surface area contributed by atoms with Gasteiger partial charge < -0.3 is 20.8 Å². The summed E-state index contributed by atoms with van der Waals surface area (Å²) in [6.07, 6.45) is 7.02. The lowest BCUT2D eigenvalue weighted by Gasteiger charge is -2.11. The van der Waals surface area contributed by atoms with Gasteiger partial charge in [-0.05, 0) is 48.2 Å². The van der Waals surface area contributed by atoms with Crippen molar-refractivity contribution in [2.45, 2.75) is 38.3 Å². The van der Waals surface area contributed by atoms with Crippen molar-refractivity contribution in [3.63, 3.8) is 0 Å². The molecule has 0 saturated heterocycles. The Hall–Kier alpha value is -3.84. The van der Waals surface area contributed by atoms with Gasteiger partial charge in [-0.1, -0.05) is 37.1 Å². The molecule has 1 aliphatic rings. The monoisotopic (exact) mass is 441 g/mol. The average Bonchev–Trinajstić information content (AvgIpc) is 3.51. The van der Waals surface area contributed by atoms with E-state index in [4.69, 9.17) is 0 Å². The van der Waals surface area contributed by atoms with Gasteiger partial charge in [-0.25, -0.2) is 0 Å². The molecule has 2 aromatic heterocycles. The molecule has 0 spiro atoms. The topological polar surface area (TPSA) is 106 Å². The van der Waals surface area contributed by atoms with E-state index < -0.39 is 0 Å². The first-order valence-corrected chi connectivity index (χ1v) is 11.3. The molecule has 0 unspecified atom stereocenters. The number of rotatable bonds is 7.